The maximum Gasteiger partial charge on any atom is 0.306 e. The Balaban J connectivity index is 2.12. The summed E-state index contributed by atoms with van der Waals surface area (Å²) in [6.45, 7) is 8.17. The Bertz CT molecular complexity index is 981. The molecule has 1 atom stereocenters. The summed E-state index contributed by atoms with van der Waals surface area (Å²) < 4.78 is 7.19. The molecule has 0 spiro atoms. The highest BCUT2D eigenvalue weighted by Crippen LogP contribution is 2.33. The van der Waals surface area contributed by atoms with Gasteiger partial charge < -0.3 is 4.74 Å². The third kappa shape index (κ3) is 3.83. The lowest BCUT2D eigenvalue weighted by atomic mass is 9.85. The summed E-state index contributed by atoms with van der Waals surface area (Å²) in [5, 5.41) is 8.46. The van der Waals surface area contributed by atoms with Gasteiger partial charge in [-0.15, -0.1) is 21.8 Å². The topological polar surface area (TPSA) is 56.5 Å². The standard InChI is InChI=1S/C21H24ClN3O2/c1-5-27-20(26)11-19(16-7-6-13(2)17(10-16)12-22)18-8-9-25-15(4)23-24-21(25)14(18)3/h6-10,19H,5,11-12H2,1-4H3. The van der Waals surface area contributed by atoms with Gasteiger partial charge in [-0.05, 0) is 61.6 Å². The molecule has 0 saturated heterocycles. The number of hydrogen-bond acceptors (Lipinski definition) is 4. The number of aromatic nitrogens is 3. The Morgan fingerprint density at radius 1 is 1.22 bits per heavy atom. The van der Waals surface area contributed by atoms with E-state index < -0.39 is 0 Å². The summed E-state index contributed by atoms with van der Waals surface area (Å²) in [5.74, 6) is 0.926. The first-order valence-electron chi connectivity index (χ1n) is 9.08. The van der Waals surface area contributed by atoms with Gasteiger partial charge in [0.05, 0.1) is 13.0 Å². The average Bonchev–Trinajstić information content (AvgIpc) is 3.03. The van der Waals surface area contributed by atoms with Crippen molar-refractivity contribution in [3.05, 3.63) is 64.1 Å². The molecule has 0 bridgehead atoms. The number of nitrogens with zero attached hydrogens (tertiary/aromatic N) is 3. The van der Waals surface area contributed by atoms with Gasteiger partial charge in [0.1, 0.15) is 5.82 Å². The van der Waals surface area contributed by atoms with Gasteiger partial charge in [-0.1, -0.05) is 18.2 Å². The molecule has 0 radical (unpaired) electrons. The normalized spacial score (nSPS) is 12.3. The first-order chi connectivity index (χ1) is 13.0. The molecule has 3 aromatic rings. The largest absolute Gasteiger partial charge is 0.466 e. The maximum absolute atomic E-state index is 12.3. The molecule has 6 heteroatoms. The average molecular weight is 386 g/mol. The Hall–Kier alpha value is -2.40. The number of aryl methyl sites for hydroxylation is 3. The minimum absolute atomic E-state index is 0.131. The van der Waals surface area contributed by atoms with Crippen molar-refractivity contribution in [3.63, 3.8) is 0 Å². The maximum atomic E-state index is 12.3. The number of carbonyl (C=O) groups excluding carboxylic acids is 1. The van der Waals surface area contributed by atoms with Crippen molar-refractivity contribution in [2.45, 2.75) is 45.9 Å². The molecule has 0 aliphatic rings. The van der Waals surface area contributed by atoms with Crippen molar-refractivity contribution in [1.82, 2.24) is 14.6 Å². The third-order valence-electron chi connectivity index (χ3n) is 5.01. The summed E-state index contributed by atoms with van der Waals surface area (Å²) in [4.78, 5) is 12.3. The number of rotatable bonds is 6. The molecule has 3 rings (SSSR count). The molecule has 5 nitrogen and oxygen atoms in total. The zero-order valence-corrected chi connectivity index (χ0v) is 16.9. The summed E-state index contributed by atoms with van der Waals surface area (Å²) in [5.41, 5.74) is 6.13. The van der Waals surface area contributed by atoms with Gasteiger partial charge in [0.25, 0.3) is 0 Å². The summed E-state index contributed by atoms with van der Waals surface area (Å²) in [6, 6.07) is 8.25. The second-order valence-corrected chi connectivity index (χ2v) is 6.99. The van der Waals surface area contributed by atoms with Crippen LogP contribution in [0.2, 0.25) is 0 Å². The molecule has 0 aliphatic carbocycles. The minimum Gasteiger partial charge on any atom is -0.466 e. The molecule has 2 aromatic heterocycles. The molecule has 0 aliphatic heterocycles. The van der Waals surface area contributed by atoms with E-state index in [-0.39, 0.29) is 18.3 Å². The van der Waals surface area contributed by atoms with E-state index in [2.05, 4.69) is 28.4 Å². The van der Waals surface area contributed by atoms with Crippen LogP contribution in [0.3, 0.4) is 0 Å². The number of hydrogen-bond donors (Lipinski definition) is 0. The third-order valence-corrected chi connectivity index (χ3v) is 5.30. The van der Waals surface area contributed by atoms with Crippen molar-refractivity contribution >= 4 is 23.2 Å². The van der Waals surface area contributed by atoms with Gasteiger partial charge in [-0.2, -0.15) is 0 Å². The van der Waals surface area contributed by atoms with E-state index in [0.717, 1.165) is 39.3 Å². The number of halogens is 1. The van der Waals surface area contributed by atoms with Crippen LogP contribution in [0.4, 0.5) is 0 Å². The lowest BCUT2D eigenvalue weighted by molar-refractivity contribution is -0.143. The number of carbonyl (C=O) groups is 1. The Morgan fingerprint density at radius 2 is 2.00 bits per heavy atom. The van der Waals surface area contributed by atoms with Crippen LogP contribution in [0.15, 0.2) is 30.5 Å². The van der Waals surface area contributed by atoms with Crippen molar-refractivity contribution < 1.29 is 9.53 Å². The first-order valence-corrected chi connectivity index (χ1v) is 9.61. The number of fused-ring (bicyclic) bond motifs is 1. The zero-order chi connectivity index (χ0) is 19.6. The van der Waals surface area contributed by atoms with E-state index in [0.29, 0.717) is 12.5 Å². The molecule has 0 saturated carbocycles. The lowest BCUT2D eigenvalue weighted by Crippen LogP contribution is -2.13. The second kappa shape index (κ2) is 8.09. The van der Waals surface area contributed by atoms with Crippen LogP contribution in [0, 0.1) is 20.8 Å². The number of alkyl halides is 1. The van der Waals surface area contributed by atoms with Crippen LogP contribution < -0.4 is 0 Å². The van der Waals surface area contributed by atoms with Gasteiger partial charge >= 0.3 is 5.97 Å². The van der Waals surface area contributed by atoms with Gasteiger partial charge in [-0.3, -0.25) is 9.20 Å². The fraction of sp³-hybridized carbons (Fsp3) is 0.381. The van der Waals surface area contributed by atoms with Crippen LogP contribution in [-0.4, -0.2) is 27.2 Å². The van der Waals surface area contributed by atoms with Gasteiger partial charge in [0, 0.05) is 18.0 Å². The molecule has 142 valence electrons. The van der Waals surface area contributed by atoms with Gasteiger partial charge in [0.2, 0.25) is 0 Å². The molecule has 0 fully saturated rings. The molecular formula is C21H24ClN3O2. The monoisotopic (exact) mass is 385 g/mol. The van der Waals surface area contributed by atoms with E-state index in [1.807, 2.05) is 44.4 Å². The van der Waals surface area contributed by atoms with Crippen LogP contribution >= 0.6 is 11.6 Å². The number of esters is 1. The van der Waals surface area contributed by atoms with Crippen LogP contribution in [0.1, 0.15) is 52.9 Å². The molecule has 1 unspecified atom stereocenters. The summed E-state index contributed by atoms with van der Waals surface area (Å²) in [6.07, 6.45) is 2.23. The van der Waals surface area contributed by atoms with Gasteiger partial charge in [-0.25, -0.2) is 0 Å². The fourth-order valence-corrected chi connectivity index (χ4v) is 3.72. The predicted molar refractivity (Wildman–Crippen MR) is 106 cm³/mol. The smallest absolute Gasteiger partial charge is 0.306 e. The summed E-state index contributed by atoms with van der Waals surface area (Å²) in [7, 11) is 0. The zero-order valence-electron chi connectivity index (χ0n) is 16.1. The summed E-state index contributed by atoms with van der Waals surface area (Å²) >= 11 is 6.11. The van der Waals surface area contributed by atoms with Crippen LogP contribution in [0.25, 0.3) is 5.65 Å². The second-order valence-electron chi connectivity index (χ2n) is 6.72. The highest BCUT2D eigenvalue weighted by atomic mass is 35.5. The number of benzene rings is 1. The van der Waals surface area contributed by atoms with Crippen molar-refractivity contribution in [1.29, 1.82) is 0 Å². The molecule has 0 N–H and O–H groups in total. The first kappa shape index (κ1) is 19.4. The SMILES string of the molecule is CCOC(=O)CC(c1ccc(C)c(CCl)c1)c1ccn2c(C)nnc2c1C. The Morgan fingerprint density at radius 3 is 2.70 bits per heavy atom. The van der Waals surface area contributed by atoms with Crippen LogP contribution in [0.5, 0.6) is 0 Å². The Kier molecular flexibility index (Phi) is 5.80. The Labute approximate surface area is 164 Å². The van der Waals surface area contributed by atoms with E-state index in [9.17, 15) is 4.79 Å². The molecule has 27 heavy (non-hydrogen) atoms. The van der Waals surface area contributed by atoms with Crippen molar-refractivity contribution in [3.8, 4) is 0 Å². The van der Waals surface area contributed by atoms with E-state index >= 15 is 0 Å². The molecule has 2 heterocycles. The van der Waals surface area contributed by atoms with Crippen molar-refractivity contribution in [2.24, 2.45) is 0 Å². The molecule has 0 amide bonds. The highest BCUT2D eigenvalue weighted by Gasteiger charge is 2.23. The van der Waals surface area contributed by atoms with E-state index in [1.165, 1.54) is 0 Å². The van der Waals surface area contributed by atoms with E-state index in [4.69, 9.17) is 16.3 Å². The minimum atomic E-state index is -0.215. The quantitative estimate of drug-likeness (QED) is 0.463. The number of pyridine rings is 1. The number of ether oxygens (including phenoxy) is 1. The lowest BCUT2D eigenvalue weighted by Gasteiger charge is -2.21. The highest BCUT2D eigenvalue weighted by molar-refractivity contribution is 6.17. The molecular weight excluding hydrogens is 362 g/mol. The predicted octanol–water partition coefficient (Wildman–Crippen LogP) is 4.48. The fourth-order valence-electron chi connectivity index (χ4n) is 3.44. The van der Waals surface area contributed by atoms with Crippen molar-refractivity contribution in [2.75, 3.05) is 6.61 Å². The van der Waals surface area contributed by atoms with Crippen LogP contribution in [-0.2, 0) is 15.4 Å². The van der Waals surface area contributed by atoms with Gasteiger partial charge in [0.15, 0.2) is 5.65 Å². The molecule has 1 aromatic carbocycles. The van der Waals surface area contributed by atoms with E-state index in [1.54, 1.807) is 0 Å².